The number of nitrogens with one attached hydrogen (secondary N) is 1. The Balaban J connectivity index is 1.41. The van der Waals surface area contributed by atoms with Gasteiger partial charge in [0.25, 0.3) is 5.91 Å². The summed E-state index contributed by atoms with van der Waals surface area (Å²) in [5, 5.41) is 12.6. The number of pyridine rings is 1. The standard InChI is InChI=1S/C25H23N3O6S/c1-16-11-21-22(33-16)12-18(25(30)27-24-8-3-17(15-29)14-26-24)13-23(21)34-19-4-6-20(7-5-19)35(31,32)28-9-2-10-28/h3-8,11-14,29H,2,9-10,15H2,1H3,(H,26,27,30). The van der Waals surface area contributed by atoms with E-state index in [9.17, 15) is 13.2 Å². The van der Waals surface area contributed by atoms with Crippen molar-refractivity contribution in [3.8, 4) is 11.5 Å². The van der Waals surface area contributed by atoms with E-state index in [0.29, 0.717) is 58.3 Å². The summed E-state index contributed by atoms with van der Waals surface area (Å²) in [6, 6.07) is 14.5. The molecule has 1 aliphatic rings. The van der Waals surface area contributed by atoms with Crippen LogP contribution in [-0.4, -0.2) is 41.8 Å². The van der Waals surface area contributed by atoms with Gasteiger partial charge in [0.15, 0.2) is 0 Å². The van der Waals surface area contributed by atoms with E-state index in [1.807, 2.05) is 6.07 Å². The van der Waals surface area contributed by atoms with Crippen LogP contribution in [0.3, 0.4) is 0 Å². The highest BCUT2D eigenvalue weighted by Crippen LogP contribution is 2.34. The van der Waals surface area contributed by atoms with Crippen LogP contribution in [0.5, 0.6) is 11.5 Å². The first-order chi connectivity index (χ1) is 16.8. The highest BCUT2D eigenvalue weighted by atomic mass is 32.2. The van der Waals surface area contributed by atoms with Gasteiger partial charge in [-0.05, 0) is 67.4 Å². The zero-order chi connectivity index (χ0) is 24.6. The van der Waals surface area contributed by atoms with Crippen molar-refractivity contribution in [3.05, 3.63) is 77.7 Å². The first kappa shape index (κ1) is 23.0. The number of benzene rings is 2. The molecular formula is C25H23N3O6S. The molecule has 9 nitrogen and oxygen atoms in total. The molecule has 1 amide bonds. The fraction of sp³-hybridized carbons (Fsp3) is 0.200. The average Bonchev–Trinajstić information content (AvgIpc) is 3.19. The zero-order valence-electron chi connectivity index (χ0n) is 18.9. The maximum Gasteiger partial charge on any atom is 0.257 e. The molecule has 0 spiro atoms. The van der Waals surface area contributed by atoms with Crippen LogP contribution in [-0.2, 0) is 16.6 Å². The molecule has 1 fully saturated rings. The lowest BCUT2D eigenvalue weighted by Crippen LogP contribution is -2.41. The molecule has 4 aromatic rings. The Labute approximate surface area is 202 Å². The van der Waals surface area contributed by atoms with Crippen molar-refractivity contribution in [2.75, 3.05) is 18.4 Å². The van der Waals surface area contributed by atoms with E-state index in [1.54, 1.807) is 43.3 Å². The van der Waals surface area contributed by atoms with Crippen LogP contribution >= 0.6 is 0 Å². The molecule has 35 heavy (non-hydrogen) atoms. The number of fused-ring (bicyclic) bond motifs is 1. The fourth-order valence-corrected chi connectivity index (χ4v) is 5.23. The molecule has 0 radical (unpaired) electrons. The third-order valence-electron chi connectivity index (χ3n) is 5.74. The molecule has 0 bridgehead atoms. The van der Waals surface area contributed by atoms with Gasteiger partial charge in [-0.15, -0.1) is 0 Å². The molecule has 180 valence electrons. The molecule has 2 N–H and O–H groups in total. The predicted molar refractivity (Wildman–Crippen MR) is 129 cm³/mol. The number of aromatic nitrogens is 1. The number of hydrogen-bond acceptors (Lipinski definition) is 7. The molecule has 1 aliphatic heterocycles. The van der Waals surface area contributed by atoms with Crippen molar-refractivity contribution in [3.63, 3.8) is 0 Å². The van der Waals surface area contributed by atoms with Gasteiger partial charge in [0.1, 0.15) is 28.7 Å². The Morgan fingerprint density at radius 2 is 1.91 bits per heavy atom. The number of anilines is 1. The predicted octanol–water partition coefficient (Wildman–Crippen LogP) is 4.07. The van der Waals surface area contributed by atoms with Gasteiger partial charge >= 0.3 is 0 Å². The number of aliphatic hydroxyl groups excluding tert-OH is 1. The molecule has 0 atom stereocenters. The third-order valence-corrected chi connectivity index (χ3v) is 7.65. The van der Waals surface area contributed by atoms with Crippen LogP contribution in [0, 0.1) is 6.92 Å². The number of carbonyl (C=O) groups is 1. The number of sulfonamides is 1. The second kappa shape index (κ2) is 9.14. The lowest BCUT2D eigenvalue weighted by Gasteiger charge is -2.29. The molecule has 0 aliphatic carbocycles. The number of nitrogens with zero attached hydrogens (tertiary/aromatic N) is 2. The smallest absolute Gasteiger partial charge is 0.257 e. The number of carbonyl (C=O) groups excluding carboxylic acids is 1. The van der Waals surface area contributed by atoms with Crippen LogP contribution in [0.4, 0.5) is 5.82 Å². The van der Waals surface area contributed by atoms with Crippen LogP contribution < -0.4 is 10.1 Å². The number of aryl methyl sites for hydroxylation is 1. The summed E-state index contributed by atoms with van der Waals surface area (Å²) in [6.45, 7) is 2.73. The number of hydrogen-bond donors (Lipinski definition) is 2. The Hall–Kier alpha value is -3.73. The summed E-state index contributed by atoms with van der Waals surface area (Å²) < 4.78 is 38.4. The Bertz CT molecular complexity index is 1490. The normalized spacial score (nSPS) is 14.0. The third kappa shape index (κ3) is 4.63. The maximum atomic E-state index is 12.9. The van der Waals surface area contributed by atoms with Crippen molar-refractivity contribution in [1.29, 1.82) is 0 Å². The summed E-state index contributed by atoms with van der Waals surface area (Å²) in [6.07, 6.45) is 2.35. The average molecular weight is 494 g/mol. The van der Waals surface area contributed by atoms with Gasteiger partial charge in [-0.1, -0.05) is 6.07 Å². The molecular weight excluding hydrogens is 470 g/mol. The molecule has 1 saturated heterocycles. The minimum atomic E-state index is -3.49. The van der Waals surface area contributed by atoms with E-state index >= 15 is 0 Å². The van der Waals surface area contributed by atoms with Crippen molar-refractivity contribution < 1.29 is 27.5 Å². The molecule has 0 saturated carbocycles. The number of amides is 1. The Kier molecular flexibility index (Phi) is 6.01. The SMILES string of the molecule is Cc1cc2c(Oc3ccc(S(=O)(=O)N4CCC4)cc3)cc(C(=O)Nc3ccc(CO)cn3)cc2o1. The van der Waals surface area contributed by atoms with E-state index in [-0.39, 0.29) is 11.5 Å². The highest BCUT2D eigenvalue weighted by molar-refractivity contribution is 7.89. The van der Waals surface area contributed by atoms with E-state index in [4.69, 9.17) is 14.3 Å². The summed E-state index contributed by atoms with van der Waals surface area (Å²) in [4.78, 5) is 17.2. The van der Waals surface area contributed by atoms with E-state index in [0.717, 1.165) is 6.42 Å². The van der Waals surface area contributed by atoms with Crippen molar-refractivity contribution in [2.45, 2.75) is 24.8 Å². The van der Waals surface area contributed by atoms with Crippen LogP contribution in [0.1, 0.15) is 28.1 Å². The largest absolute Gasteiger partial charge is 0.461 e. The molecule has 0 unspecified atom stereocenters. The molecule has 2 aromatic heterocycles. The Morgan fingerprint density at radius 3 is 2.54 bits per heavy atom. The van der Waals surface area contributed by atoms with Gasteiger partial charge in [0.2, 0.25) is 10.0 Å². The summed E-state index contributed by atoms with van der Waals surface area (Å²) in [5.41, 5.74) is 1.41. The van der Waals surface area contributed by atoms with E-state index in [1.165, 1.54) is 22.6 Å². The summed E-state index contributed by atoms with van der Waals surface area (Å²) in [7, 11) is -3.49. The second-order valence-electron chi connectivity index (χ2n) is 8.24. The van der Waals surface area contributed by atoms with Gasteiger partial charge in [-0.25, -0.2) is 13.4 Å². The lowest BCUT2D eigenvalue weighted by atomic mass is 10.1. The number of rotatable bonds is 7. The minimum Gasteiger partial charge on any atom is -0.461 e. The minimum absolute atomic E-state index is 0.137. The van der Waals surface area contributed by atoms with Crippen LogP contribution in [0.15, 0.2) is 70.1 Å². The van der Waals surface area contributed by atoms with Gasteiger partial charge in [-0.2, -0.15) is 4.31 Å². The van der Waals surface area contributed by atoms with E-state index < -0.39 is 15.9 Å². The van der Waals surface area contributed by atoms with Crippen LogP contribution in [0.2, 0.25) is 0 Å². The number of aliphatic hydroxyl groups is 1. The zero-order valence-corrected chi connectivity index (χ0v) is 19.7. The number of furan rings is 1. The fourth-order valence-electron chi connectivity index (χ4n) is 3.71. The quantitative estimate of drug-likeness (QED) is 0.398. The van der Waals surface area contributed by atoms with Gasteiger partial charge in [0.05, 0.1) is 16.9 Å². The summed E-state index contributed by atoms with van der Waals surface area (Å²) >= 11 is 0. The van der Waals surface area contributed by atoms with Crippen molar-refractivity contribution in [2.24, 2.45) is 0 Å². The van der Waals surface area contributed by atoms with Gasteiger partial charge < -0.3 is 19.6 Å². The second-order valence-corrected chi connectivity index (χ2v) is 10.2. The van der Waals surface area contributed by atoms with Gasteiger partial charge in [-0.3, -0.25) is 4.79 Å². The topological polar surface area (TPSA) is 122 Å². The molecule has 5 rings (SSSR count). The monoisotopic (exact) mass is 493 g/mol. The molecule has 10 heteroatoms. The van der Waals surface area contributed by atoms with Crippen molar-refractivity contribution >= 4 is 32.7 Å². The van der Waals surface area contributed by atoms with Crippen molar-refractivity contribution in [1.82, 2.24) is 9.29 Å². The van der Waals surface area contributed by atoms with Gasteiger partial charge in [0, 0.05) is 24.8 Å². The Morgan fingerprint density at radius 1 is 1.14 bits per heavy atom. The summed E-state index contributed by atoms with van der Waals surface area (Å²) in [5.74, 6) is 1.40. The molecule has 3 heterocycles. The first-order valence-electron chi connectivity index (χ1n) is 11.0. The highest BCUT2D eigenvalue weighted by Gasteiger charge is 2.29. The number of ether oxygens (including phenoxy) is 1. The van der Waals surface area contributed by atoms with Crippen LogP contribution in [0.25, 0.3) is 11.0 Å². The first-order valence-corrected chi connectivity index (χ1v) is 12.5. The lowest BCUT2D eigenvalue weighted by molar-refractivity contribution is 0.102. The molecule has 2 aromatic carbocycles. The maximum absolute atomic E-state index is 12.9. The van der Waals surface area contributed by atoms with E-state index in [2.05, 4.69) is 10.3 Å².